The predicted molar refractivity (Wildman–Crippen MR) is 80.7 cm³/mol. The van der Waals surface area contributed by atoms with Crippen LogP contribution in [0.2, 0.25) is 0 Å². The molecule has 0 amide bonds. The fourth-order valence-electron chi connectivity index (χ4n) is 2.79. The molecule has 2 rings (SSSR count). The number of hydrogen-bond acceptors (Lipinski definition) is 4. The Labute approximate surface area is 122 Å². The molecular formula is C16H28N2O2. The minimum atomic E-state index is 0.303. The van der Waals surface area contributed by atoms with E-state index in [1.165, 1.54) is 5.56 Å². The summed E-state index contributed by atoms with van der Waals surface area (Å²) in [4.78, 5) is 2.41. The van der Waals surface area contributed by atoms with Gasteiger partial charge in [-0.15, -0.1) is 0 Å². The lowest BCUT2D eigenvalue weighted by Gasteiger charge is -2.34. The zero-order valence-electron chi connectivity index (χ0n) is 13.4. The highest BCUT2D eigenvalue weighted by atomic mass is 16.5. The summed E-state index contributed by atoms with van der Waals surface area (Å²) in [6, 6.07) is 2.68. The van der Waals surface area contributed by atoms with Crippen LogP contribution in [-0.4, -0.2) is 36.2 Å². The predicted octanol–water partition coefficient (Wildman–Crippen LogP) is 2.70. The van der Waals surface area contributed by atoms with Gasteiger partial charge in [-0.05, 0) is 26.8 Å². The number of nitrogens with one attached hydrogen (secondary N) is 1. The molecule has 1 aliphatic heterocycles. The molecular weight excluding hydrogens is 252 g/mol. The van der Waals surface area contributed by atoms with Gasteiger partial charge in [0, 0.05) is 31.2 Å². The molecule has 2 unspecified atom stereocenters. The third kappa shape index (κ3) is 4.33. The van der Waals surface area contributed by atoms with Crippen molar-refractivity contribution in [2.75, 3.05) is 13.1 Å². The molecule has 4 nitrogen and oxygen atoms in total. The van der Waals surface area contributed by atoms with Crippen molar-refractivity contribution in [2.24, 2.45) is 0 Å². The van der Waals surface area contributed by atoms with E-state index in [-0.39, 0.29) is 0 Å². The maximum absolute atomic E-state index is 5.90. The molecule has 2 atom stereocenters. The molecule has 0 spiro atoms. The van der Waals surface area contributed by atoms with Gasteiger partial charge in [-0.25, -0.2) is 0 Å². The molecule has 1 aromatic rings. The topological polar surface area (TPSA) is 37.6 Å². The number of ether oxygens (including phenoxy) is 1. The molecule has 1 N–H and O–H groups in total. The standard InChI is InChI=1S/C16H28N2O2/c1-11(2)17-7-15-6-16(20-14(15)5)10-18-8-12(3)19-13(4)9-18/h6,11-13,17H,7-10H2,1-5H3. The van der Waals surface area contributed by atoms with E-state index < -0.39 is 0 Å². The summed E-state index contributed by atoms with van der Waals surface area (Å²) in [6.07, 6.45) is 0.605. The minimum Gasteiger partial charge on any atom is -0.465 e. The number of aryl methyl sites for hydroxylation is 1. The summed E-state index contributed by atoms with van der Waals surface area (Å²) in [7, 11) is 0. The Morgan fingerprint density at radius 3 is 2.55 bits per heavy atom. The van der Waals surface area contributed by atoms with Crippen molar-refractivity contribution in [2.45, 2.75) is 66.0 Å². The molecule has 2 heterocycles. The highest BCUT2D eigenvalue weighted by Crippen LogP contribution is 2.19. The highest BCUT2D eigenvalue weighted by molar-refractivity contribution is 5.20. The Hall–Kier alpha value is -0.840. The monoisotopic (exact) mass is 280 g/mol. The molecule has 1 saturated heterocycles. The zero-order valence-corrected chi connectivity index (χ0v) is 13.4. The van der Waals surface area contributed by atoms with E-state index in [2.05, 4.69) is 44.0 Å². The van der Waals surface area contributed by atoms with E-state index in [1.807, 2.05) is 6.92 Å². The lowest BCUT2D eigenvalue weighted by Crippen LogP contribution is -2.44. The average Bonchev–Trinajstić information content (AvgIpc) is 2.65. The van der Waals surface area contributed by atoms with Crippen molar-refractivity contribution in [1.82, 2.24) is 10.2 Å². The summed E-state index contributed by atoms with van der Waals surface area (Å²) in [5.41, 5.74) is 1.27. The van der Waals surface area contributed by atoms with Crippen LogP contribution in [0.3, 0.4) is 0 Å². The van der Waals surface area contributed by atoms with Crippen LogP contribution in [-0.2, 0) is 17.8 Å². The largest absolute Gasteiger partial charge is 0.465 e. The van der Waals surface area contributed by atoms with Crippen molar-refractivity contribution in [3.05, 3.63) is 23.2 Å². The van der Waals surface area contributed by atoms with Crippen LogP contribution < -0.4 is 5.32 Å². The first kappa shape index (κ1) is 15.5. The molecule has 0 aliphatic carbocycles. The summed E-state index contributed by atoms with van der Waals surface area (Å²) in [6.45, 7) is 14.3. The fourth-order valence-corrected chi connectivity index (χ4v) is 2.79. The van der Waals surface area contributed by atoms with Crippen molar-refractivity contribution in [3.63, 3.8) is 0 Å². The Kier molecular flexibility index (Phi) is 5.24. The number of rotatable bonds is 5. The van der Waals surface area contributed by atoms with Gasteiger partial charge in [-0.3, -0.25) is 4.90 Å². The third-order valence-electron chi connectivity index (χ3n) is 3.65. The van der Waals surface area contributed by atoms with Gasteiger partial charge in [0.1, 0.15) is 11.5 Å². The van der Waals surface area contributed by atoms with E-state index in [4.69, 9.17) is 9.15 Å². The third-order valence-corrected chi connectivity index (χ3v) is 3.65. The summed E-state index contributed by atoms with van der Waals surface area (Å²) in [5.74, 6) is 2.09. The van der Waals surface area contributed by atoms with Gasteiger partial charge in [-0.1, -0.05) is 13.8 Å². The molecule has 0 saturated carbocycles. The highest BCUT2D eigenvalue weighted by Gasteiger charge is 2.23. The van der Waals surface area contributed by atoms with Crippen molar-refractivity contribution in [3.8, 4) is 0 Å². The SMILES string of the molecule is Cc1oc(CN2CC(C)OC(C)C2)cc1CNC(C)C. The van der Waals surface area contributed by atoms with E-state index in [0.717, 1.165) is 37.7 Å². The van der Waals surface area contributed by atoms with E-state index >= 15 is 0 Å². The molecule has 0 radical (unpaired) electrons. The second-order valence-corrected chi connectivity index (χ2v) is 6.28. The van der Waals surface area contributed by atoms with Crippen molar-refractivity contribution >= 4 is 0 Å². The van der Waals surface area contributed by atoms with Gasteiger partial charge in [0.2, 0.25) is 0 Å². The molecule has 20 heavy (non-hydrogen) atoms. The maximum atomic E-state index is 5.90. The first-order chi connectivity index (χ1) is 9.44. The average molecular weight is 280 g/mol. The lowest BCUT2D eigenvalue weighted by atomic mass is 10.2. The van der Waals surface area contributed by atoms with Gasteiger partial charge in [0.15, 0.2) is 0 Å². The summed E-state index contributed by atoms with van der Waals surface area (Å²) < 4.78 is 11.7. The van der Waals surface area contributed by atoms with Crippen LogP contribution in [0.25, 0.3) is 0 Å². The number of morpholine rings is 1. The van der Waals surface area contributed by atoms with Gasteiger partial charge < -0.3 is 14.5 Å². The number of nitrogens with zero attached hydrogens (tertiary/aromatic N) is 1. The summed E-state index contributed by atoms with van der Waals surface area (Å²) >= 11 is 0. The smallest absolute Gasteiger partial charge is 0.118 e. The van der Waals surface area contributed by atoms with E-state index in [0.29, 0.717) is 18.2 Å². The van der Waals surface area contributed by atoms with Crippen LogP contribution in [0.1, 0.15) is 44.8 Å². The van der Waals surface area contributed by atoms with E-state index in [1.54, 1.807) is 0 Å². The Morgan fingerprint density at radius 1 is 1.30 bits per heavy atom. The van der Waals surface area contributed by atoms with Crippen LogP contribution in [0, 0.1) is 6.92 Å². The van der Waals surface area contributed by atoms with Crippen LogP contribution in [0.5, 0.6) is 0 Å². The van der Waals surface area contributed by atoms with Crippen molar-refractivity contribution < 1.29 is 9.15 Å². The second kappa shape index (κ2) is 6.74. The van der Waals surface area contributed by atoms with Gasteiger partial charge in [0.25, 0.3) is 0 Å². The molecule has 1 fully saturated rings. The fraction of sp³-hybridized carbons (Fsp3) is 0.750. The molecule has 0 aromatic carbocycles. The first-order valence-corrected chi connectivity index (χ1v) is 7.63. The zero-order chi connectivity index (χ0) is 14.7. The van der Waals surface area contributed by atoms with Crippen molar-refractivity contribution in [1.29, 1.82) is 0 Å². The molecule has 0 bridgehead atoms. The molecule has 114 valence electrons. The Morgan fingerprint density at radius 2 is 1.95 bits per heavy atom. The maximum Gasteiger partial charge on any atom is 0.118 e. The number of hydrogen-bond donors (Lipinski definition) is 1. The molecule has 1 aliphatic rings. The van der Waals surface area contributed by atoms with Gasteiger partial charge in [-0.2, -0.15) is 0 Å². The van der Waals surface area contributed by atoms with Crippen LogP contribution in [0.15, 0.2) is 10.5 Å². The lowest BCUT2D eigenvalue weighted by molar-refractivity contribution is -0.0718. The molecule has 4 heteroatoms. The Bertz CT molecular complexity index is 418. The van der Waals surface area contributed by atoms with Crippen LogP contribution >= 0.6 is 0 Å². The second-order valence-electron chi connectivity index (χ2n) is 6.28. The van der Waals surface area contributed by atoms with Gasteiger partial charge in [0.05, 0.1) is 18.8 Å². The summed E-state index contributed by atoms with van der Waals surface area (Å²) in [5, 5.41) is 3.44. The van der Waals surface area contributed by atoms with Gasteiger partial charge >= 0.3 is 0 Å². The number of furan rings is 1. The normalized spacial score (nSPS) is 24.5. The van der Waals surface area contributed by atoms with E-state index in [9.17, 15) is 0 Å². The minimum absolute atomic E-state index is 0.303. The molecule has 1 aromatic heterocycles. The van der Waals surface area contributed by atoms with Crippen LogP contribution in [0.4, 0.5) is 0 Å². The Balaban J connectivity index is 1.94. The quantitative estimate of drug-likeness (QED) is 0.900. The first-order valence-electron chi connectivity index (χ1n) is 7.63.